The van der Waals surface area contributed by atoms with Gasteiger partial charge in [0.25, 0.3) is 5.91 Å². The number of halogens is 1. The van der Waals surface area contributed by atoms with E-state index in [0.29, 0.717) is 5.92 Å². The molecule has 1 amide bonds. The van der Waals surface area contributed by atoms with Gasteiger partial charge in [-0.05, 0) is 46.7 Å². The zero-order chi connectivity index (χ0) is 13.9. The molecule has 1 unspecified atom stereocenters. The van der Waals surface area contributed by atoms with Gasteiger partial charge in [0.2, 0.25) is 0 Å². The van der Waals surface area contributed by atoms with E-state index in [4.69, 9.17) is 0 Å². The molecule has 2 aromatic rings. The molecule has 0 N–H and O–H groups in total. The van der Waals surface area contributed by atoms with Crippen LogP contribution in [0.25, 0.3) is 0 Å². The molecular weight excluding hydrogens is 361 g/mol. The van der Waals surface area contributed by atoms with Crippen molar-refractivity contribution in [1.29, 1.82) is 0 Å². The van der Waals surface area contributed by atoms with Crippen LogP contribution in [0.3, 0.4) is 0 Å². The third kappa shape index (κ3) is 2.73. The van der Waals surface area contributed by atoms with Crippen LogP contribution in [0.1, 0.15) is 28.3 Å². The van der Waals surface area contributed by atoms with E-state index >= 15 is 0 Å². The Kier molecular flexibility index (Phi) is 4.05. The summed E-state index contributed by atoms with van der Waals surface area (Å²) in [6, 6.07) is 18.3. The van der Waals surface area contributed by atoms with Crippen LogP contribution < -0.4 is 0 Å². The minimum Gasteiger partial charge on any atom is -0.338 e. The Bertz CT molecular complexity index is 611. The van der Waals surface area contributed by atoms with E-state index in [1.807, 2.05) is 35.2 Å². The van der Waals surface area contributed by atoms with Gasteiger partial charge < -0.3 is 4.90 Å². The van der Waals surface area contributed by atoms with Gasteiger partial charge in [0.15, 0.2) is 0 Å². The molecule has 2 aromatic carbocycles. The minimum atomic E-state index is 0.161. The first kappa shape index (κ1) is 13.6. The van der Waals surface area contributed by atoms with E-state index in [9.17, 15) is 4.79 Å². The van der Waals surface area contributed by atoms with Crippen LogP contribution in [0.2, 0.25) is 0 Å². The summed E-state index contributed by atoms with van der Waals surface area (Å²) in [6.45, 7) is 1.68. The molecule has 102 valence electrons. The fourth-order valence-corrected chi connectivity index (χ4v) is 3.37. The molecule has 0 spiro atoms. The highest BCUT2D eigenvalue weighted by Gasteiger charge is 2.28. The van der Waals surface area contributed by atoms with Crippen molar-refractivity contribution in [2.24, 2.45) is 0 Å². The van der Waals surface area contributed by atoms with Crippen molar-refractivity contribution < 1.29 is 4.79 Å². The topological polar surface area (TPSA) is 20.3 Å². The maximum atomic E-state index is 12.6. The first-order chi connectivity index (χ1) is 9.75. The number of rotatable bonds is 2. The lowest BCUT2D eigenvalue weighted by Gasteiger charge is -2.17. The predicted molar refractivity (Wildman–Crippen MR) is 88.9 cm³/mol. The molecule has 0 bridgehead atoms. The Morgan fingerprint density at radius 3 is 2.50 bits per heavy atom. The number of nitrogens with zero attached hydrogens (tertiary/aromatic N) is 1. The number of carbonyl (C=O) groups excluding carboxylic acids is 1. The minimum absolute atomic E-state index is 0.161. The molecule has 1 atom stereocenters. The molecular formula is C17H16INO. The van der Waals surface area contributed by atoms with Gasteiger partial charge in [-0.3, -0.25) is 4.79 Å². The van der Waals surface area contributed by atoms with Crippen molar-refractivity contribution in [3.05, 3.63) is 69.3 Å². The van der Waals surface area contributed by atoms with Crippen molar-refractivity contribution in [3.63, 3.8) is 0 Å². The maximum Gasteiger partial charge on any atom is 0.254 e. The van der Waals surface area contributed by atoms with Gasteiger partial charge in [0, 0.05) is 22.6 Å². The summed E-state index contributed by atoms with van der Waals surface area (Å²) in [5.41, 5.74) is 2.16. The lowest BCUT2D eigenvalue weighted by atomic mass is 9.99. The number of carbonyl (C=O) groups is 1. The fourth-order valence-electron chi connectivity index (χ4n) is 2.75. The molecule has 0 aliphatic carbocycles. The highest BCUT2D eigenvalue weighted by atomic mass is 127. The summed E-state index contributed by atoms with van der Waals surface area (Å²) in [5.74, 6) is 0.634. The van der Waals surface area contributed by atoms with Crippen molar-refractivity contribution >= 4 is 28.5 Å². The Morgan fingerprint density at radius 2 is 1.75 bits per heavy atom. The van der Waals surface area contributed by atoms with Crippen molar-refractivity contribution in [3.8, 4) is 0 Å². The van der Waals surface area contributed by atoms with E-state index in [1.165, 1.54) is 5.56 Å². The monoisotopic (exact) mass is 377 g/mol. The second-order valence-electron chi connectivity index (χ2n) is 5.13. The van der Waals surface area contributed by atoms with Crippen LogP contribution >= 0.6 is 22.6 Å². The van der Waals surface area contributed by atoms with Gasteiger partial charge in [0.1, 0.15) is 0 Å². The van der Waals surface area contributed by atoms with Crippen LogP contribution in [-0.4, -0.2) is 23.9 Å². The molecule has 1 fully saturated rings. The van der Waals surface area contributed by atoms with Crippen molar-refractivity contribution in [1.82, 2.24) is 4.90 Å². The highest BCUT2D eigenvalue weighted by Crippen LogP contribution is 2.28. The molecule has 3 rings (SSSR count). The molecule has 20 heavy (non-hydrogen) atoms. The second kappa shape index (κ2) is 5.95. The Morgan fingerprint density at radius 1 is 1.05 bits per heavy atom. The summed E-state index contributed by atoms with van der Waals surface area (Å²) >= 11 is 2.23. The molecule has 1 saturated heterocycles. The van der Waals surface area contributed by atoms with Gasteiger partial charge in [0.05, 0.1) is 5.56 Å². The highest BCUT2D eigenvalue weighted by molar-refractivity contribution is 14.1. The predicted octanol–water partition coefficient (Wildman–Crippen LogP) is 3.92. The van der Waals surface area contributed by atoms with Crippen molar-refractivity contribution in [2.45, 2.75) is 12.3 Å². The summed E-state index contributed by atoms with van der Waals surface area (Å²) < 4.78 is 1.03. The van der Waals surface area contributed by atoms with E-state index in [2.05, 4.69) is 46.9 Å². The molecule has 0 aromatic heterocycles. The molecule has 2 nitrogen and oxygen atoms in total. The quantitative estimate of drug-likeness (QED) is 0.727. The summed E-state index contributed by atoms with van der Waals surface area (Å²) in [7, 11) is 0. The molecule has 3 heteroatoms. The Labute approximate surface area is 132 Å². The van der Waals surface area contributed by atoms with E-state index in [0.717, 1.165) is 28.6 Å². The largest absolute Gasteiger partial charge is 0.338 e. The molecule has 1 heterocycles. The first-order valence-corrected chi connectivity index (χ1v) is 7.92. The van der Waals surface area contributed by atoms with Gasteiger partial charge >= 0.3 is 0 Å². The number of benzene rings is 2. The smallest absolute Gasteiger partial charge is 0.254 e. The first-order valence-electron chi connectivity index (χ1n) is 6.84. The Balaban J connectivity index is 1.75. The number of hydrogen-bond donors (Lipinski definition) is 0. The number of hydrogen-bond acceptors (Lipinski definition) is 1. The van der Waals surface area contributed by atoms with E-state index in [1.54, 1.807) is 0 Å². The van der Waals surface area contributed by atoms with Crippen LogP contribution in [0.4, 0.5) is 0 Å². The summed E-state index contributed by atoms with van der Waals surface area (Å²) in [4.78, 5) is 14.5. The zero-order valence-corrected chi connectivity index (χ0v) is 13.3. The lowest BCUT2D eigenvalue weighted by Crippen LogP contribution is -2.29. The fraction of sp³-hybridized carbons (Fsp3) is 0.235. The Hall–Kier alpha value is -1.36. The molecule has 1 aliphatic rings. The van der Waals surface area contributed by atoms with Crippen LogP contribution in [0, 0.1) is 3.57 Å². The number of likely N-dealkylation sites (tertiary alicyclic amines) is 1. The standard InChI is InChI=1S/C17H16INO/c18-16-9-5-4-8-15(16)17(20)19-11-10-14(12-19)13-6-2-1-3-7-13/h1-9,14H,10-12H2. The SMILES string of the molecule is O=C(c1ccccc1I)N1CCC(c2ccccc2)C1. The van der Waals surface area contributed by atoms with Gasteiger partial charge in [-0.2, -0.15) is 0 Å². The molecule has 0 radical (unpaired) electrons. The molecule has 1 aliphatic heterocycles. The van der Waals surface area contributed by atoms with Crippen molar-refractivity contribution in [2.75, 3.05) is 13.1 Å². The maximum absolute atomic E-state index is 12.6. The van der Waals surface area contributed by atoms with Gasteiger partial charge in [-0.15, -0.1) is 0 Å². The average Bonchev–Trinajstić information content (AvgIpc) is 2.98. The summed E-state index contributed by atoms with van der Waals surface area (Å²) in [6.07, 6.45) is 1.05. The molecule has 0 saturated carbocycles. The zero-order valence-electron chi connectivity index (χ0n) is 11.1. The van der Waals surface area contributed by atoms with E-state index in [-0.39, 0.29) is 5.91 Å². The van der Waals surface area contributed by atoms with Crippen LogP contribution in [-0.2, 0) is 0 Å². The third-order valence-corrected chi connectivity index (χ3v) is 4.79. The number of amides is 1. The van der Waals surface area contributed by atoms with Gasteiger partial charge in [-0.1, -0.05) is 42.5 Å². The van der Waals surface area contributed by atoms with E-state index < -0.39 is 0 Å². The second-order valence-corrected chi connectivity index (χ2v) is 6.29. The lowest BCUT2D eigenvalue weighted by molar-refractivity contribution is 0.0790. The summed E-state index contributed by atoms with van der Waals surface area (Å²) in [5, 5.41) is 0. The third-order valence-electron chi connectivity index (χ3n) is 3.85. The average molecular weight is 377 g/mol. The van der Waals surface area contributed by atoms with Gasteiger partial charge in [-0.25, -0.2) is 0 Å². The van der Waals surface area contributed by atoms with Crippen LogP contribution in [0.15, 0.2) is 54.6 Å². The van der Waals surface area contributed by atoms with Crippen LogP contribution in [0.5, 0.6) is 0 Å². The normalized spacial score (nSPS) is 18.2.